The number of nitrogens with zero attached hydrogens (tertiary/aromatic N) is 4. The summed E-state index contributed by atoms with van der Waals surface area (Å²) in [5.74, 6) is -3.10. The first-order valence-corrected chi connectivity index (χ1v) is 11.4. The fraction of sp³-hybridized carbons (Fsp3) is 0. The lowest BCUT2D eigenvalue weighted by Gasteiger charge is -2.26. The summed E-state index contributed by atoms with van der Waals surface area (Å²) < 4.78 is 5.61. The van der Waals surface area contributed by atoms with Crippen LogP contribution < -0.4 is 15.0 Å². The number of nitro groups is 3. The number of halogens is 2. The molecule has 0 atom stereocenters. The molecule has 0 aliphatic carbocycles. The van der Waals surface area contributed by atoms with Gasteiger partial charge < -0.3 is 4.74 Å². The number of carbonyl (C=O) groups excluding carboxylic acids is 3. The van der Waals surface area contributed by atoms with Crippen LogP contribution in [-0.4, -0.2) is 32.6 Å². The Bertz CT molecular complexity index is 1690. The van der Waals surface area contributed by atoms with E-state index in [0.717, 1.165) is 30.3 Å². The number of urea groups is 1. The molecule has 1 aliphatic heterocycles. The van der Waals surface area contributed by atoms with Crippen molar-refractivity contribution in [2.24, 2.45) is 0 Å². The van der Waals surface area contributed by atoms with E-state index in [1.54, 1.807) is 0 Å². The third-order valence-electron chi connectivity index (χ3n) is 5.30. The number of nitro benzene ring substituents is 3. The molecule has 0 spiro atoms. The van der Waals surface area contributed by atoms with Crippen molar-refractivity contribution in [1.29, 1.82) is 0 Å². The van der Waals surface area contributed by atoms with Gasteiger partial charge in [0.1, 0.15) is 5.57 Å². The van der Waals surface area contributed by atoms with E-state index in [1.807, 2.05) is 5.32 Å². The molecule has 17 heteroatoms. The quantitative estimate of drug-likeness (QED) is 0.166. The predicted octanol–water partition coefficient (Wildman–Crippen LogP) is 5.18. The predicted molar refractivity (Wildman–Crippen MR) is 138 cm³/mol. The van der Waals surface area contributed by atoms with Crippen molar-refractivity contribution in [3.05, 3.63) is 106 Å². The number of amides is 4. The van der Waals surface area contributed by atoms with E-state index in [9.17, 15) is 44.7 Å². The van der Waals surface area contributed by atoms with Crippen LogP contribution in [0.25, 0.3) is 6.08 Å². The molecule has 1 fully saturated rings. The molecule has 40 heavy (non-hydrogen) atoms. The standard InChI is InChI=1S/C23H11Cl2N5O10/c24-12-6-11(20(17(25)8-12)40-19-5-4-15(29(36)37)10-18(19)30(38)39)7-16-21(31)26-23(33)27(22(16)32)13-2-1-3-14(9-13)28(34)35/h1-10H,(H,26,31,33)/b16-7+. The Morgan fingerprint density at radius 2 is 1.52 bits per heavy atom. The fourth-order valence-electron chi connectivity index (χ4n) is 3.55. The van der Waals surface area contributed by atoms with E-state index in [4.69, 9.17) is 27.9 Å². The van der Waals surface area contributed by atoms with Crippen LogP contribution >= 0.6 is 23.2 Å². The summed E-state index contributed by atoms with van der Waals surface area (Å²) in [7, 11) is 0. The molecule has 202 valence electrons. The molecule has 3 aromatic rings. The second-order valence-electron chi connectivity index (χ2n) is 7.81. The molecule has 1 heterocycles. The maximum absolute atomic E-state index is 13.3. The lowest BCUT2D eigenvalue weighted by atomic mass is 10.1. The third kappa shape index (κ3) is 5.40. The molecule has 0 unspecified atom stereocenters. The van der Waals surface area contributed by atoms with Crippen LogP contribution in [0.5, 0.6) is 11.5 Å². The first kappa shape index (κ1) is 27.6. The van der Waals surface area contributed by atoms with Crippen LogP contribution in [0, 0.1) is 30.3 Å². The molecule has 4 rings (SSSR count). The zero-order chi connectivity index (χ0) is 29.3. The summed E-state index contributed by atoms with van der Waals surface area (Å²) in [5, 5.41) is 35.5. The minimum absolute atomic E-state index is 0.00215. The Morgan fingerprint density at radius 1 is 0.850 bits per heavy atom. The maximum atomic E-state index is 13.3. The highest BCUT2D eigenvalue weighted by Gasteiger charge is 2.37. The molecular weight excluding hydrogens is 577 g/mol. The van der Waals surface area contributed by atoms with Gasteiger partial charge in [0, 0.05) is 28.8 Å². The summed E-state index contributed by atoms with van der Waals surface area (Å²) in [5.41, 5.74) is -2.80. The van der Waals surface area contributed by atoms with Crippen molar-refractivity contribution in [1.82, 2.24) is 5.32 Å². The van der Waals surface area contributed by atoms with Gasteiger partial charge in [-0.1, -0.05) is 29.3 Å². The molecule has 3 aromatic carbocycles. The van der Waals surface area contributed by atoms with E-state index in [2.05, 4.69) is 0 Å². The van der Waals surface area contributed by atoms with Crippen LogP contribution in [0.3, 0.4) is 0 Å². The smallest absolute Gasteiger partial charge is 0.335 e. The molecular formula is C23H11Cl2N5O10. The van der Waals surface area contributed by atoms with Crippen LogP contribution in [0.1, 0.15) is 5.56 Å². The molecule has 0 aromatic heterocycles. The monoisotopic (exact) mass is 587 g/mol. The van der Waals surface area contributed by atoms with Crippen molar-refractivity contribution < 1.29 is 33.9 Å². The summed E-state index contributed by atoms with van der Waals surface area (Å²) in [4.78, 5) is 70.1. The topological polar surface area (TPSA) is 205 Å². The van der Waals surface area contributed by atoms with Gasteiger partial charge >= 0.3 is 11.7 Å². The van der Waals surface area contributed by atoms with Crippen LogP contribution in [-0.2, 0) is 9.59 Å². The lowest BCUT2D eigenvalue weighted by molar-refractivity contribution is -0.394. The number of imide groups is 2. The van der Waals surface area contributed by atoms with E-state index in [-0.39, 0.29) is 27.0 Å². The van der Waals surface area contributed by atoms with Crippen LogP contribution in [0.15, 0.2) is 60.2 Å². The summed E-state index contributed by atoms with van der Waals surface area (Å²) >= 11 is 12.3. The highest BCUT2D eigenvalue weighted by Crippen LogP contribution is 2.41. The normalized spacial score (nSPS) is 14.2. The van der Waals surface area contributed by atoms with Crippen molar-refractivity contribution in [2.45, 2.75) is 0 Å². The van der Waals surface area contributed by atoms with Gasteiger partial charge in [-0.3, -0.25) is 45.2 Å². The van der Waals surface area contributed by atoms with Gasteiger partial charge in [0.25, 0.3) is 23.2 Å². The number of rotatable bonds is 7. The number of hydrogen-bond donors (Lipinski definition) is 1. The highest BCUT2D eigenvalue weighted by atomic mass is 35.5. The minimum atomic E-state index is -1.17. The zero-order valence-electron chi connectivity index (χ0n) is 19.4. The molecule has 1 aliphatic rings. The zero-order valence-corrected chi connectivity index (χ0v) is 20.9. The Balaban J connectivity index is 1.81. The van der Waals surface area contributed by atoms with E-state index >= 15 is 0 Å². The van der Waals surface area contributed by atoms with Gasteiger partial charge in [-0.2, -0.15) is 0 Å². The maximum Gasteiger partial charge on any atom is 0.335 e. The number of barbiturate groups is 1. The Hall–Kier alpha value is -5.41. The number of hydrogen-bond acceptors (Lipinski definition) is 10. The first-order valence-electron chi connectivity index (χ1n) is 10.6. The number of ether oxygens (including phenoxy) is 1. The SMILES string of the molecule is O=C1NC(=O)N(c2cccc([N+](=O)[O-])c2)C(=O)/C1=C/c1cc(Cl)cc(Cl)c1Oc1ccc([N+](=O)[O-])cc1[N+](=O)[O-]. The Labute approximate surface area is 231 Å². The number of nitrogens with one attached hydrogen (secondary N) is 1. The minimum Gasteiger partial charge on any atom is -0.448 e. The summed E-state index contributed by atoms with van der Waals surface area (Å²) in [6, 6.07) is 8.33. The number of carbonyl (C=O) groups is 3. The van der Waals surface area contributed by atoms with Gasteiger partial charge in [-0.05, 0) is 30.3 Å². The van der Waals surface area contributed by atoms with E-state index in [0.29, 0.717) is 11.0 Å². The van der Waals surface area contributed by atoms with E-state index in [1.165, 1.54) is 24.3 Å². The van der Waals surface area contributed by atoms with E-state index < -0.39 is 61.0 Å². The van der Waals surface area contributed by atoms with Gasteiger partial charge in [-0.25, -0.2) is 9.69 Å². The van der Waals surface area contributed by atoms with Gasteiger partial charge in [0.15, 0.2) is 5.75 Å². The molecule has 15 nitrogen and oxygen atoms in total. The molecule has 1 N–H and O–H groups in total. The fourth-order valence-corrected chi connectivity index (χ4v) is 4.09. The summed E-state index contributed by atoms with van der Waals surface area (Å²) in [6.07, 6.45) is 0.943. The first-order chi connectivity index (χ1) is 18.9. The van der Waals surface area contributed by atoms with Gasteiger partial charge in [-0.15, -0.1) is 0 Å². The molecule has 4 amide bonds. The number of anilines is 1. The highest BCUT2D eigenvalue weighted by molar-refractivity contribution is 6.40. The average Bonchev–Trinajstić information content (AvgIpc) is 2.88. The van der Waals surface area contributed by atoms with Gasteiger partial charge in [0.05, 0.1) is 31.5 Å². The summed E-state index contributed by atoms with van der Waals surface area (Å²) in [6.45, 7) is 0. The lowest BCUT2D eigenvalue weighted by Crippen LogP contribution is -2.54. The van der Waals surface area contributed by atoms with Crippen molar-refractivity contribution in [3.8, 4) is 11.5 Å². The van der Waals surface area contributed by atoms with Crippen molar-refractivity contribution >= 4 is 69.9 Å². The largest absolute Gasteiger partial charge is 0.448 e. The number of benzene rings is 3. The van der Waals surface area contributed by atoms with Crippen LogP contribution in [0.4, 0.5) is 27.5 Å². The second kappa shape index (κ2) is 10.8. The molecule has 0 saturated carbocycles. The van der Waals surface area contributed by atoms with Gasteiger partial charge in [0.2, 0.25) is 5.75 Å². The average molecular weight is 588 g/mol. The van der Waals surface area contributed by atoms with Crippen molar-refractivity contribution in [3.63, 3.8) is 0 Å². The number of non-ortho nitro benzene ring substituents is 2. The third-order valence-corrected chi connectivity index (χ3v) is 5.80. The van der Waals surface area contributed by atoms with Crippen LogP contribution in [0.2, 0.25) is 10.0 Å². The second-order valence-corrected chi connectivity index (χ2v) is 8.65. The molecule has 0 radical (unpaired) electrons. The molecule has 1 saturated heterocycles. The molecule has 0 bridgehead atoms. The van der Waals surface area contributed by atoms with Crippen molar-refractivity contribution in [2.75, 3.05) is 4.90 Å². The Morgan fingerprint density at radius 3 is 2.17 bits per heavy atom. The Kier molecular flexibility index (Phi) is 7.43.